The largest absolute Gasteiger partial charge is 0.451 e. The van der Waals surface area contributed by atoms with Gasteiger partial charge < -0.3 is 14.6 Å². The lowest BCUT2D eigenvalue weighted by Crippen LogP contribution is -2.46. The summed E-state index contributed by atoms with van der Waals surface area (Å²) in [5.74, 6) is 0.0329. The molecule has 2 aromatic rings. The predicted molar refractivity (Wildman–Crippen MR) is 83.6 cm³/mol. The molecule has 1 aliphatic heterocycles. The van der Waals surface area contributed by atoms with E-state index in [0.29, 0.717) is 30.9 Å². The fourth-order valence-corrected chi connectivity index (χ4v) is 2.88. The van der Waals surface area contributed by atoms with Crippen molar-refractivity contribution < 1.29 is 14.0 Å². The van der Waals surface area contributed by atoms with Gasteiger partial charge in [-0.05, 0) is 31.4 Å². The molecular weight excluding hydrogens is 280 g/mol. The van der Waals surface area contributed by atoms with Gasteiger partial charge in [0.05, 0.1) is 0 Å². The van der Waals surface area contributed by atoms with Gasteiger partial charge in [-0.15, -0.1) is 0 Å². The van der Waals surface area contributed by atoms with Gasteiger partial charge in [0.1, 0.15) is 11.6 Å². The number of para-hydroxylation sites is 1. The van der Waals surface area contributed by atoms with Crippen LogP contribution in [0.3, 0.4) is 0 Å². The number of amides is 2. The van der Waals surface area contributed by atoms with E-state index in [0.717, 1.165) is 18.2 Å². The van der Waals surface area contributed by atoms with Crippen LogP contribution in [0.5, 0.6) is 0 Å². The van der Waals surface area contributed by atoms with E-state index in [1.807, 2.05) is 31.2 Å². The van der Waals surface area contributed by atoms with Crippen LogP contribution in [0.2, 0.25) is 0 Å². The summed E-state index contributed by atoms with van der Waals surface area (Å²) in [5.41, 5.74) is 0.692. The van der Waals surface area contributed by atoms with E-state index < -0.39 is 0 Å². The topological polar surface area (TPSA) is 62.6 Å². The van der Waals surface area contributed by atoms with Gasteiger partial charge in [0.2, 0.25) is 5.91 Å². The summed E-state index contributed by atoms with van der Waals surface area (Å²) in [6.07, 6.45) is 2.44. The van der Waals surface area contributed by atoms with Gasteiger partial charge in [-0.1, -0.05) is 25.1 Å². The Hall–Kier alpha value is -2.30. The fraction of sp³-hybridized carbons (Fsp3) is 0.412. The first-order valence-electron chi connectivity index (χ1n) is 7.78. The van der Waals surface area contributed by atoms with Crippen LogP contribution in [-0.4, -0.2) is 35.8 Å². The zero-order valence-electron chi connectivity index (χ0n) is 12.7. The van der Waals surface area contributed by atoms with Crippen LogP contribution in [0.1, 0.15) is 36.7 Å². The number of nitrogens with zero attached hydrogens (tertiary/aromatic N) is 1. The van der Waals surface area contributed by atoms with Crippen LogP contribution in [0.15, 0.2) is 34.7 Å². The van der Waals surface area contributed by atoms with Crippen LogP contribution >= 0.6 is 0 Å². The molecule has 1 aromatic heterocycles. The van der Waals surface area contributed by atoms with Crippen molar-refractivity contribution in [3.05, 3.63) is 36.1 Å². The average Bonchev–Trinajstić information content (AvgIpc) is 3.18. The van der Waals surface area contributed by atoms with E-state index in [4.69, 9.17) is 4.42 Å². The van der Waals surface area contributed by atoms with Crippen LogP contribution < -0.4 is 5.32 Å². The maximum atomic E-state index is 12.7. The summed E-state index contributed by atoms with van der Waals surface area (Å²) < 4.78 is 5.63. The van der Waals surface area contributed by atoms with Crippen molar-refractivity contribution in [3.8, 4) is 0 Å². The molecule has 1 atom stereocenters. The smallest absolute Gasteiger partial charge is 0.290 e. The molecule has 0 aliphatic carbocycles. The summed E-state index contributed by atoms with van der Waals surface area (Å²) in [4.78, 5) is 26.5. The molecule has 0 radical (unpaired) electrons. The summed E-state index contributed by atoms with van der Waals surface area (Å²) in [7, 11) is 0. The van der Waals surface area contributed by atoms with Crippen molar-refractivity contribution in [2.45, 2.75) is 32.2 Å². The Bertz CT molecular complexity index is 659. The van der Waals surface area contributed by atoms with Crippen LogP contribution in [0.25, 0.3) is 11.0 Å². The van der Waals surface area contributed by atoms with Gasteiger partial charge in [0, 0.05) is 18.5 Å². The second-order valence-corrected chi connectivity index (χ2v) is 5.60. The normalized spacial score (nSPS) is 17.9. The highest BCUT2D eigenvalue weighted by molar-refractivity contribution is 5.99. The Kier molecular flexibility index (Phi) is 4.13. The highest BCUT2D eigenvalue weighted by atomic mass is 16.3. The Labute approximate surface area is 129 Å². The minimum absolute atomic E-state index is 0.0659. The number of nitrogens with one attached hydrogen (secondary N) is 1. The van der Waals surface area contributed by atoms with Crippen molar-refractivity contribution in [1.29, 1.82) is 0 Å². The van der Waals surface area contributed by atoms with Crippen LogP contribution in [0, 0.1) is 0 Å². The molecular formula is C17H20N2O3. The molecule has 2 amide bonds. The monoisotopic (exact) mass is 300 g/mol. The molecule has 1 aliphatic rings. The zero-order chi connectivity index (χ0) is 15.5. The number of fused-ring (bicyclic) bond motifs is 1. The number of rotatable bonds is 4. The van der Waals surface area contributed by atoms with Crippen molar-refractivity contribution in [1.82, 2.24) is 10.2 Å². The number of furan rings is 1. The zero-order valence-corrected chi connectivity index (χ0v) is 12.7. The highest BCUT2D eigenvalue weighted by Gasteiger charge is 2.35. The lowest BCUT2D eigenvalue weighted by Gasteiger charge is -2.22. The fourth-order valence-electron chi connectivity index (χ4n) is 2.88. The number of benzene rings is 1. The highest BCUT2D eigenvalue weighted by Crippen LogP contribution is 2.24. The van der Waals surface area contributed by atoms with E-state index >= 15 is 0 Å². The lowest BCUT2D eigenvalue weighted by molar-refractivity contribution is -0.124. The number of likely N-dealkylation sites (tertiary alicyclic amines) is 1. The minimum Gasteiger partial charge on any atom is -0.451 e. The van der Waals surface area contributed by atoms with E-state index in [2.05, 4.69) is 5.32 Å². The second-order valence-electron chi connectivity index (χ2n) is 5.60. The first-order chi connectivity index (χ1) is 10.7. The van der Waals surface area contributed by atoms with E-state index in [1.165, 1.54) is 0 Å². The van der Waals surface area contributed by atoms with Gasteiger partial charge in [-0.25, -0.2) is 0 Å². The maximum absolute atomic E-state index is 12.7. The maximum Gasteiger partial charge on any atom is 0.290 e. The lowest BCUT2D eigenvalue weighted by atomic mass is 10.2. The molecule has 22 heavy (non-hydrogen) atoms. The summed E-state index contributed by atoms with van der Waals surface area (Å²) >= 11 is 0. The molecule has 1 aromatic carbocycles. The van der Waals surface area contributed by atoms with Crippen molar-refractivity contribution in [3.63, 3.8) is 0 Å². The van der Waals surface area contributed by atoms with Crippen LogP contribution in [-0.2, 0) is 4.79 Å². The molecule has 1 N–H and O–H groups in total. The Morgan fingerprint density at radius 3 is 2.95 bits per heavy atom. The first-order valence-corrected chi connectivity index (χ1v) is 7.78. The minimum atomic E-state index is -0.382. The molecule has 2 heterocycles. The summed E-state index contributed by atoms with van der Waals surface area (Å²) in [6, 6.07) is 8.89. The first kappa shape index (κ1) is 14.6. The Morgan fingerprint density at radius 1 is 1.36 bits per heavy atom. The molecule has 1 saturated heterocycles. The molecule has 5 heteroatoms. The molecule has 0 bridgehead atoms. The third-order valence-corrected chi connectivity index (χ3v) is 4.00. The number of carbonyl (C=O) groups is 2. The summed E-state index contributed by atoms with van der Waals surface area (Å²) in [5, 5.41) is 3.77. The molecule has 1 fully saturated rings. The third kappa shape index (κ3) is 2.71. The molecule has 0 saturated carbocycles. The van der Waals surface area contributed by atoms with Crippen LogP contribution in [0.4, 0.5) is 0 Å². The van der Waals surface area contributed by atoms with Gasteiger partial charge in [-0.2, -0.15) is 0 Å². The van der Waals surface area contributed by atoms with Gasteiger partial charge in [0.15, 0.2) is 5.76 Å². The molecule has 3 rings (SSSR count). The van der Waals surface area contributed by atoms with E-state index in [1.54, 1.807) is 11.0 Å². The Balaban J connectivity index is 1.79. The molecule has 116 valence electrons. The molecule has 0 spiro atoms. The van der Waals surface area contributed by atoms with Crippen molar-refractivity contribution in [2.24, 2.45) is 0 Å². The molecule has 0 unspecified atom stereocenters. The van der Waals surface area contributed by atoms with Crippen molar-refractivity contribution in [2.75, 3.05) is 13.1 Å². The third-order valence-electron chi connectivity index (χ3n) is 4.00. The standard InChI is InChI=1S/C17H20N2O3/c1-2-9-18-16(20)13-7-5-10-19(13)17(21)15-11-12-6-3-4-8-14(12)22-15/h3-4,6,8,11,13H,2,5,7,9-10H2,1H3,(H,18,20)/t13-/m0/s1. The number of hydrogen-bond donors (Lipinski definition) is 1. The van der Waals surface area contributed by atoms with Gasteiger partial charge in [0.25, 0.3) is 5.91 Å². The van der Waals surface area contributed by atoms with E-state index in [9.17, 15) is 9.59 Å². The number of carbonyl (C=O) groups excluding carboxylic acids is 2. The summed E-state index contributed by atoms with van der Waals surface area (Å²) in [6.45, 7) is 3.24. The molecule has 5 nitrogen and oxygen atoms in total. The SMILES string of the molecule is CCCNC(=O)[C@@H]1CCCN1C(=O)c1cc2ccccc2o1. The quantitative estimate of drug-likeness (QED) is 0.944. The second kappa shape index (κ2) is 6.22. The van der Waals surface area contributed by atoms with Crippen molar-refractivity contribution >= 4 is 22.8 Å². The average molecular weight is 300 g/mol. The van der Waals surface area contributed by atoms with Gasteiger partial charge in [-0.3, -0.25) is 9.59 Å². The predicted octanol–water partition coefficient (Wildman–Crippen LogP) is 2.56. The Morgan fingerprint density at radius 2 is 2.18 bits per heavy atom. The number of hydrogen-bond acceptors (Lipinski definition) is 3. The van der Waals surface area contributed by atoms with E-state index in [-0.39, 0.29) is 17.9 Å². The van der Waals surface area contributed by atoms with Gasteiger partial charge >= 0.3 is 0 Å².